The molecule has 1 saturated carbocycles. The highest BCUT2D eigenvalue weighted by molar-refractivity contribution is 7.99. The number of para-hydroxylation sites is 1. The number of anilines is 1. The Morgan fingerprint density at radius 2 is 1.94 bits per heavy atom. The molecule has 162 valence electrons. The quantitative estimate of drug-likeness (QED) is 0.466. The van der Waals surface area contributed by atoms with Crippen LogP contribution in [0.5, 0.6) is 0 Å². The van der Waals surface area contributed by atoms with E-state index >= 15 is 0 Å². The van der Waals surface area contributed by atoms with Gasteiger partial charge in [-0.25, -0.2) is 4.98 Å². The third kappa shape index (κ3) is 4.29. The fourth-order valence-corrected chi connectivity index (χ4v) is 4.37. The van der Waals surface area contributed by atoms with E-state index in [1.807, 2.05) is 60.1 Å². The second-order valence-electron chi connectivity index (χ2n) is 7.85. The minimum atomic E-state index is -0.108. The van der Waals surface area contributed by atoms with E-state index in [2.05, 4.69) is 15.5 Å². The maximum absolute atomic E-state index is 12.9. The number of fused-ring (bicyclic) bond motifs is 1. The van der Waals surface area contributed by atoms with Gasteiger partial charge in [0.2, 0.25) is 5.91 Å². The van der Waals surface area contributed by atoms with Gasteiger partial charge in [-0.15, -0.1) is 10.2 Å². The lowest BCUT2D eigenvalue weighted by Gasteiger charge is -2.13. The molecule has 2 aromatic carbocycles. The Morgan fingerprint density at radius 1 is 1.16 bits per heavy atom. The third-order valence-electron chi connectivity index (χ3n) is 5.39. The predicted octanol–water partition coefficient (Wildman–Crippen LogP) is 3.58. The van der Waals surface area contributed by atoms with Crippen molar-refractivity contribution in [2.75, 3.05) is 5.32 Å². The molecule has 1 aliphatic carbocycles. The second-order valence-corrected chi connectivity index (χ2v) is 8.89. The smallest absolute Gasteiger partial charge is 0.261 e. The van der Waals surface area contributed by atoms with E-state index in [1.54, 1.807) is 10.9 Å². The molecule has 1 aliphatic rings. The summed E-state index contributed by atoms with van der Waals surface area (Å²) in [6, 6.07) is 15.2. The van der Waals surface area contributed by atoms with Crippen molar-refractivity contribution in [3.05, 3.63) is 71.0 Å². The normalized spacial score (nSPS) is 13.4. The molecule has 32 heavy (non-hydrogen) atoms. The van der Waals surface area contributed by atoms with Crippen molar-refractivity contribution in [1.29, 1.82) is 0 Å². The minimum Gasteiger partial charge on any atom is -0.326 e. The minimum absolute atomic E-state index is 0.00971. The summed E-state index contributed by atoms with van der Waals surface area (Å²) in [5.74, 6) is 0.574. The standard InChI is InChI=1S/C23H22N6O2S/c1-28-14-24-27-23(28)32-17-10-6-15(7-11-17)25-21(30)13-12-20-26-19-5-3-2-4-18(19)22(31)29(20)16-8-9-16/h2-7,10-11,14,16H,8-9,12-13H2,1H3,(H,25,30). The maximum atomic E-state index is 12.9. The zero-order chi connectivity index (χ0) is 22.1. The van der Waals surface area contributed by atoms with E-state index in [1.165, 1.54) is 11.8 Å². The third-order valence-corrected chi connectivity index (χ3v) is 6.45. The van der Waals surface area contributed by atoms with Crippen LogP contribution in [0.25, 0.3) is 10.9 Å². The Bertz CT molecular complexity index is 1340. The lowest BCUT2D eigenvalue weighted by molar-refractivity contribution is -0.116. The summed E-state index contributed by atoms with van der Waals surface area (Å²) in [5, 5.41) is 12.3. The van der Waals surface area contributed by atoms with Crippen LogP contribution in [0, 0.1) is 0 Å². The number of carbonyl (C=O) groups is 1. The largest absolute Gasteiger partial charge is 0.326 e. The Balaban J connectivity index is 1.25. The maximum Gasteiger partial charge on any atom is 0.261 e. The van der Waals surface area contributed by atoms with E-state index in [0.717, 1.165) is 28.6 Å². The average Bonchev–Trinajstić information content (AvgIpc) is 3.55. The summed E-state index contributed by atoms with van der Waals surface area (Å²) >= 11 is 1.50. The first-order valence-electron chi connectivity index (χ1n) is 10.5. The Kier molecular flexibility index (Phi) is 5.48. The molecule has 4 aromatic rings. The van der Waals surface area contributed by atoms with Crippen molar-refractivity contribution >= 4 is 34.3 Å². The molecule has 0 spiro atoms. The Morgan fingerprint density at radius 3 is 2.66 bits per heavy atom. The van der Waals surface area contributed by atoms with E-state index < -0.39 is 0 Å². The number of carbonyl (C=O) groups excluding carboxylic acids is 1. The van der Waals surface area contributed by atoms with Crippen molar-refractivity contribution in [2.24, 2.45) is 7.05 Å². The molecule has 0 unspecified atom stereocenters. The molecular weight excluding hydrogens is 424 g/mol. The summed E-state index contributed by atoms with van der Waals surface area (Å²) in [4.78, 5) is 31.2. The molecule has 0 atom stereocenters. The average molecular weight is 447 g/mol. The molecule has 1 fully saturated rings. The molecule has 2 heterocycles. The molecule has 2 aromatic heterocycles. The van der Waals surface area contributed by atoms with E-state index in [0.29, 0.717) is 23.1 Å². The number of amides is 1. The molecule has 0 radical (unpaired) electrons. The highest BCUT2D eigenvalue weighted by Crippen LogP contribution is 2.35. The topological polar surface area (TPSA) is 94.7 Å². The molecule has 8 nitrogen and oxygen atoms in total. The summed E-state index contributed by atoms with van der Waals surface area (Å²) in [5.41, 5.74) is 1.40. The van der Waals surface area contributed by atoms with Crippen molar-refractivity contribution < 1.29 is 4.79 Å². The van der Waals surface area contributed by atoms with Crippen LogP contribution >= 0.6 is 11.8 Å². The Hall–Kier alpha value is -3.46. The van der Waals surface area contributed by atoms with Gasteiger partial charge in [-0.3, -0.25) is 14.2 Å². The van der Waals surface area contributed by atoms with Gasteiger partial charge in [0.25, 0.3) is 5.56 Å². The van der Waals surface area contributed by atoms with Crippen molar-refractivity contribution in [3.63, 3.8) is 0 Å². The van der Waals surface area contributed by atoms with Gasteiger partial charge in [-0.2, -0.15) is 0 Å². The van der Waals surface area contributed by atoms with Gasteiger partial charge >= 0.3 is 0 Å². The Labute approximate surface area is 188 Å². The van der Waals surface area contributed by atoms with Gasteiger partial charge in [0.15, 0.2) is 5.16 Å². The number of aryl methyl sites for hydroxylation is 2. The SMILES string of the molecule is Cn1cnnc1Sc1ccc(NC(=O)CCc2nc3ccccc3c(=O)n2C2CC2)cc1. The highest BCUT2D eigenvalue weighted by atomic mass is 32.2. The number of nitrogens with zero attached hydrogens (tertiary/aromatic N) is 5. The molecule has 0 bridgehead atoms. The number of nitrogens with one attached hydrogen (secondary N) is 1. The van der Waals surface area contributed by atoms with Crippen molar-refractivity contribution in [1.82, 2.24) is 24.3 Å². The van der Waals surface area contributed by atoms with Gasteiger partial charge in [-0.1, -0.05) is 12.1 Å². The summed E-state index contributed by atoms with van der Waals surface area (Å²) in [6.45, 7) is 0. The second kappa shape index (κ2) is 8.58. The van der Waals surface area contributed by atoms with Crippen LogP contribution in [0.3, 0.4) is 0 Å². The van der Waals surface area contributed by atoms with Gasteiger partial charge in [0, 0.05) is 36.5 Å². The van der Waals surface area contributed by atoms with Crippen LogP contribution in [0.1, 0.15) is 31.1 Å². The summed E-state index contributed by atoms with van der Waals surface area (Å²) in [7, 11) is 1.89. The predicted molar refractivity (Wildman–Crippen MR) is 123 cm³/mol. The lowest BCUT2D eigenvalue weighted by Crippen LogP contribution is -2.25. The lowest BCUT2D eigenvalue weighted by atomic mass is 10.2. The van der Waals surface area contributed by atoms with Crippen LogP contribution in [0.2, 0.25) is 0 Å². The molecule has 1 N–H and O–H groups in total. The van der Waals surface area contributed by atoms with Crippen LogP contribution in [0.15, 0.2) is 69.7 Å². The van der Waals surface area contributed by atoms with E-state index in [-0.39, 0.29) is 23.9 Å². The van der Waals surface area contributed by atoms with Gasteiger partial charge in [0.1, 0.15) is 12.2 Å². The first kappa shape index (κ1) is 20.4. The van der Waals surface area contributed by atoms with Gasteiger partial charge < -0.3 is 9.88 Å². The van der Waals surface area contributed by atoms with E-state index in [4.69, 9.17) is 4.98 Å². The number of rotatable bonds is 7. The fraction of sp³-hybridized carbons (Fsp3) is 0.261. The van der Waals surface area contributed by atoms with E-state index in [9.17, 15) is 9.59 Å². The molecule has 1 amide bonds. The number of hydrogen-bond acceptors (Lipinski definition) is 6. The number of aromatic nitrogens is 5. The molecule has 0 aliphatic heterocycles. The first-order chi connectivity index (χ1) is 15.6. The summed E-state index contributed by atoms with van der Waals surface area (Å²) in [6.07, 6.45) is 4.30. The number of benzene rings is 2. The molecular formula is C23H22N6O2S. The van der Waals surface area contributed by atoms with Crippen LogP contribution in [0.4, 0.5) is 5.69 Å². The zero-order valence-corrected chi connectivity index (χ0v) is 18.4. The van der Waals surface area contributed by atoms with Crippen molar-refractivity contribution in [3.8, 4) is 0 Å². The molecule has 0 saturated heterocycles. The van der Waals surface area contributed by atoms with Crippen LogP contribution < -0.4 is 10.9 Å². The highest BCUT2D eigenvalue weighted by Gasteiger charge is 2.28. The summed E-state index contributed by atoms with van der Waals surface area (Å²) < 4.78 is 3.64. The monoisotopic (exact) mass is 446 g/mol. The van der Waals surface area contributed by atoms with Crippen LogP contribution in [-0.4, -0.2) is 30.2 Å². The van der Waals surface area contributed by atoms with Gasteiger partial charge in [0.05, 0.1) is 10.9 Å². The number of hydrogen-bond donors (Lipinski definition) is 1. The van der Waals surface area contributed by atoms with Crippen molar-refractivity contribution in [2.45, 2.75) is 41.8 Å². The fourth-order valence-electron chi connectivity index (χ4n) is 3.60. The first-order valence-corrected chi connectivity index (χ1v) is 11.3. The molecule has 9 heteroatoms. The zero-order valence-electron chi connectivity index (χ0n) is 17.6. The van der Waals surface area contributed by atoms with Gasteiger partial charge in [-0.05, 0) is 61.0 Å². The van der Waals surface area contributed by atoms with Crippen LogP contribution in [-0.2, 0) is 18.3 Å². The molecule has 5 rings (SSSR count).